The molecule has 2 aliphatic carbocycles. The smallest absolute Gasteiger partial charge is 0.145 e. The van der Waals surface area contributed by atoms with Gasteiger partial charge in [0.25, 0.3) is 0 Å². The Labute approximate surface area is 371 Å². The molecule has 3 unspecified atom stereocenters. The molecule has 1 aliphatic heterocycles. The van der Waals surface area contributed by atoms with E-state index in [0.29, 0.717) is 0 Å². The number of fused-ring (bicyclic) bond motifs is 18. The Morgan fingerprint density at radius 1 is 0.484 bits per heavy atom. The Bertz CT molecular complexity index is 3730. The molecule has 0 saturated carbocycles. The van der Waals surface area contributed by atoms with E-state index in [2.05, 4.69) is 234 Å². The maximum Gasteiger partial charge on any atom is 0.145 e. The van der Waals surface area contributed by atoms with Crippen molar-refractivity contribution in [1.29, 1.82) is 0 Å². The van der Waals surface area contributed by atoms with Gasteiger partial charge < -0.3 is 13.9 Å². The SMILES string of the molecule is CN1C(c2ccccc2)=CC(c2ccccc2)NC1c1ccc2c(c1)-c1ccccc1C21c2ccccc2-c2c1ccc1c2oc2c1ccc1c2c2ccccc2n1-c1ccccc1. The van der Waals surface area contributed by atoms with E-state index in [9.17, 15) is 0 Å². The van der Waals surface area contributed by atoms with E-state index in [1.165, 1.54) is 77.8 Å². The number of rotatable bonds is 4. The Hall–Kier alpha value is -7.92. The second-order valence-electron chi connectivity index (χ2n) is 17.6. The molecule has 1 spiro atoms. The summed E-state index contributed by atoms with van der Waals surface area (Å²) in [5.41, 5.74) is 19.9. The summed E-state index contributed by atoms with van der Waals surface area (Å²) in [4.78, 5) is 2.40. The standard InChI is InChI=1S/C60H41N3O/c1-62-54(38-19-7-3-8-20-38)36-51(37-17-5-2-6-18-37)61-59(62)39-29-32-49-46(35-39)41-23-11-14-26-47(41)60(49)48-27-15-12-24-44(48)55-50(60)33-30-42-43-31-34-53-56(58(43)64-57(42)55)45-25-13-16-28-52(45)63(53)40-21-9-4-10-22-40/h2-36,51,59,61H,1H3. The zero-order valence-corrected chi connectivity index (χ0v) is 35.2. The predicted molar refractivity (Wildman–Crippen MR) is 262 cm³/mol. The van der Waals surface area contributed by atoms with Crippen molar-refractivity contribution < 1.29 is 4.42 Å². The zero-order valence-electron chi connectivity index (χ0n) is 35.2. The maximum atomic E-state index is 7.37. The minimum absolute atomic E-state index is 0.0421. The third-order valence-electron chi connectivity index (χ3n) is 14.5. The van der Waals surface area contributed by atoms with Gasteiger partial charge in [0.1, 0.15) is 17.3 Å². The molecular formula is C60H41N3O. The average Bonchev–Trinajstić information content (AvgIpc) is 4.08. The number of aromatic nitrogens is 1. The first-order valence-electron chi connectivity index (χ1n) is 22.3. The molecule has 0 amide bonds. The van der Waals surface area contributed by atoms with Gasteiger partial charge in [-0.3, -0.25) is 5.32 Å². The summed E-state index contributed by atoms with van der Waals surface area (Å²) in [6, 6.07) is 75.7. The molecule has 3 aliphatic rings. The first-order chi connectivity index (χ1) is 31.7. The number of hydrogen-bond donors (Lipinski definition) is 1. The third kappa shape index (κ3) is 4.70. The summed E-state index contributed by atoms with van der Waals surface area (Å²) in [7, 11) is 2.22. The van der Waals surface area contributed by atoms with Crippen LogP contribution in [0.1, 0.15) is 51.2 Å². The quantitative estimate of drug-likeness (QED) is 0.192. The molecule has 0 saturated heterocycles. The van der Waals surface area contributed by atoms with Crippen LogP contribution in [0.5, 0.6) is 0 Å². The summed E-state index contributed by atoms with van der Waals surface area (Å²) in [5.74, 6) is 0. The van der Waals surface area contributed by atoms with Gasteiger partial charge in [-0.1, -0.05) is 170 Å². The van der Waals surface area contributed by atoms with Crippen molar-refractivity contribution in [3.8, 4) is 27.9 Å². The summed E-state index contributed by atoms with van der Waals surface area (Å²) in [6.45, 7) is 0. The van der Waals surface area contributed by atoms with Crippen LogP contribution < -0.4 is 5.32 Å². The van der Waals surface area contributed by atoms with Crippen LogP contribution in [0.3, 0.4) is 0 Å². The van der Waals surface area contributed by atoms with Gasteiger partial charge in [-0.15, -0.1) is 0 Å². The molecule has 4 heteroatoms. The highest BCUT2D eigenvalue weighted by molar-refractivity contribution is 6.25. The summed E-state index contributed by atoms with van der Waals surface area (Å²) >= 11 is 0. The molecule has 9 aromatic carbocycles. The van der Waals surface area contributed by atoms with Gasteiger partial charge in [-0.2, -0.15) is 0 Å². The first kappa shape index (κ1) is 35.7. The normalized spacial score (nSPS) is 18.5. The Morgan fingerprint density at radius 2 is 1.11 bits per heavy atom. The van der Waals surface area contributed by atoms with Crippen molar-refractivity contribution in [2.24, 2.45) is 0 Å². The largest absolute Gasteiger partial charge is 0.455 e. The highest BCUT2D eigenvalue weighted by Crippen LogP contribution is 2.64. The second kappa shape index (κ2) is 13.3. The van der Waals surface area contributed by atoms with Crippen molar-refractivity contribution in [2.45, 2.75) is 17.6 Å². The van der Waals surface area contributed by atoms with Crippen LogP contribution in [0, 0.1) is 0 Å². The molecule has 0 radical (unpaired) electrons. The molecule has 3 heterocycles. The molecule has 1 N–H and O–H groups in total. The van der Waals surface area contributed by atoms with E-state index < -0.39 is 5.41 Å². The number of benzene rings is 9. The van der Waals surface area contributed by atoms with Crippen LogP contribution in [0.25, 0.3) is 77.4 Å². The molecule has 14 rings (SSSR count). The van der Waals surface area contributed by atoms with Gasteiger partial charge in [0, 0.05) is 40.2 Å². The van der Waals surface area contributed by atoms with E-state index in [1.54, 1.807) is 0 Å². The van der Waals surface area contributed by atoms with Crippen molar-refractivity contribution in [3.05, 3.63) is 251 Å². The zero-order chi connectivity index (χ0) is 42.1. The summed E-state index contributed by atoms with van der Waals surface area (Å²) in [5, 5.41) is 8.66. The second-order valence-corrected chi connectivity index (χ2v) is 17.6. The van der Waals surface area contributed by atoms with Gasteiger partial charge in [-0.05, 0) is 98.1 Å². The fraction of sp³-hybridized carbons (Fsp3) is 0.0667. The number of nitrogens with one attached hydrogen (secondary N) is 1. The molecule has 11 aromatic rings. The molecule has 4 nitrogen and oxygen atoms in total. The van der Waals surface area contributed by atoms with Crippen LogP contribution >= 0.6 is 0 Å². The fourth-order valence-electron chi connectivity index (χ4n) is 11.8. The Balaban J connectivity index is 0.983. The van der Waals surface area contributed by atoms with Crippen molar-refractivity contribution in [1.82, 2.24) is 14.8 Å². The van der Waals surface area contributed by atoms with Crippen molar-refractivity contribution >= 4 is 49.4 Å². The highest BCUT2D eigenvalue weighted by atomic mass is 16.3. The van der Waals surface area contributed by atoms with Crippen LogP contribution in [-0.2, 0) is 5.41 Å². The fourth-order valence-corrected chi connectivity index (χ4v) is 11.8. The lowest BCUT2D eigenvalue weighted by Crippen LogP contribution is -2.40. The predicted octanol–water partition coefficient (Wildman–Crippen LogP) is 14.3. The molecular weight excluding hydrogens is 779 g/mol. The lowest BCUT2D eigenvalue weighted by molar-refractivity contribution is 0.263. The first-order valence-corrected chi connectivity index (χ1v) is 22.3. The van der Waals surface area contributed by atoms with Crippen LogP contribution in [-0.4, -0.2) is 16.5 Å². The number of hydrogen-bond acceptors (Lipinski definition) is 3. The van der Waals surface area contributed by atoms with E-state index in [1.807, 2.05) is 0 Å². The molecule has 0 fully saturated rings. The third-order valence-corrected chi connectivity index (χ3v) is 14.5. The van der Waals surface area contributed by atoms with Crippen LogP contribution in [0.4, 0.5) is 0 Å². The van der Waals surface area contributed by atoms with E-state index in [0.717, 1.165) is 38.5 Å². The van der Waals surface area contributed by atoms with E-state index in [4.69, 9.17) is 4.42 Å². The average molecular weight is 820 g/mol. The number of para-hydroxylation sites is 2. The van der Waals surface area contributed by atoms with Gasteiger partial charge in [0.15, 0.2) is 0 Å². The Morgan fingerprint density at radius 3 is 1.92 bits per heavy atom. The van der Waals surface area contributed by atoms with Gasteiger partial charge in [-0.25, -0.2) is 0 Å². The molecule has 2 aromatic heterocycles. The van der Waals surface area contributed by atoms with Crippen molar-refractivity contribution in [2.75, 3.05) is 7.05 Å². The van der Waals surface area contributed by atoms with E-state index in [-0.39, 0.29) is 12.2 Å². The molecule has 64 heavy (non-hydrogen) atoms. The molecule has 302 valence electrons. The summed E-state index contributed by atoms with van der Waals surface area (Å²) in [6.07, 6.45) is 2.30. The lowest BCUT2D eigenvalue weighted by Gasteiger charge is -2.40. The minimum atomic E-state index is -0.518. The Kier molecular flexibility index (Phi) is 7.41. The molecule has 3 atom stereocenters. The van der Waals surface area contributed by atoms with Crippen LogP contribution in [0.15, 0.2) is 217 Å². The topological polar surface area (TPSA) is 33.3 Å². The number of nitrogens with zero attached hydrogens (tertiary/aromatic N) is 2. The van der Waals surface area contributed by atoms with Gasteiger partial charge >= 0.3 is 0 Å². The van der Waals surface area contributed by atoms with E-state index >= 15 is 0 Å². The maximum absolute atomic E-state index is 7.37. The molecule has 0 bridgehead atoms. The van der Waals surface area contributed by atoms with Crippen LogP contribution in [0.2, 0.25) is 0 Å². The lowest BCUT2D eigenvalue weighted by atomic mass is 9.70. The highest BCUT2D eigenvalue weighted by Gasteiger charge is 2.52. The number of furan rings is 1. The van der Waals surface area contributed by atoms with Gasteiger partial charge in [0.2, 0.25) is 0 Å². The minimum Gasteiger partial charge on any atom is -0.455 e. The van der Waals surface area contributed by atoms with Crippen molar-refractivity contribution in [3.63, 3.8) is 0 Å². The van der Waals surface area contributed by atoms with Gasteiger partial charge in [0.05, 0.1) is 27.9 Å². The summed E-state index contributed by atoms with van der Waals surface area (Å²) < 4.78 is 9.74. The monoisotopic (exact) mass is 819 g/mol.